The molecular weight excluding hydrogens is 350 g/mol. The van der Waals surface area contributed by atoms with E-state index in [4.69, 9.17) is 0 Å². The molecule has 0 aromatic heterocycles. The van der Waals surface area contributed by atoms with Gasteiger partial charge in [0.15, 0.2) is 0 Å². The average molecular weight is 368 g/mol. The van der Waals surface area contributed by atoms with Crippen molar-refractivity contribution in [2.24, 2.45) is 0 Å². The van der Waals surface area contributed by atoms with E-state index in [2.05, 4.69) is 27.6 Å². The van der Waals surface area contributed by atoms with E-state index >= 15 is 0 Å². The molecule has 112 valence electrons. The third-order valence-corrected chi connectivity index (χ3v) is 5.90. The fourth-order valence-electron chi connectivity index (χ4n) is 2.07. The summed E-state index contributed by atoms with van der Waals surface area (Å²) in [5, 5.41) is 0. The molecule has 5 heteroatoms. The van der Waals surface area contributed by atoms with Crippen LogP contribution in [-0.4, -0.2) is 8.42 Å². The van der Waals surface area contributed by atoms with Crippen LogP contribution in [0.2, 0.25) is 0 Å². The molecule has 2 aromatic rings. The van der Waals surface area contributed by atoms with Crippen LogP contribution in [-0.2, 0) is 16.4 Å². The number of rotatable bonds is 5. The molecule has 0 spiro atoms. The van der Waals surface area contributed by atoms with Crippen molar-refractivity contribution in [3.63, 3.8) is 0 Å². The predicted octanol–water partition coefficient (Wildman–Crippen LogP) is 4.05. The number of sulfonamides is 1. The van der Waals surface area contributed by atoms with Crippen LogP contribution in [0.4, 0.5) is 0 Å². The van der Waals surface area contributed by atoms with Crippen LogP contribution in [0.5, 0.6) is 0 Å². The Labute approximate surface area is 134 Å². The molecule has 0 bridgehead atoms. The molecule has 0 aliphatic rings. The predicted molar refractivity (Wildman–Crippen MR) is 88.7 cm³/mol. The Bertz CT molecular complexity index is 711. The van der Waals surface area contributed by atoms with E-state index in [1.807, 2.05) is 31.2 Å². The zero-order valence-electron chi connectivity index (χ0n) is 12.0. The number of benzene rings is 2. The van der Waals surface area contributed by atoms with Gasteiger partial charge in [-0.05, 0) is 52.5 Å². The SMILES string of the molecule is CCc1ccc(C(C)NS(=O)(=O)c2ccccc2Br)cc1. The van der Waals surface area contributed by atoms with E-state index in [0.29, 0.717) is 4.47 Å². The standard InChI is InChI=1S/C16H18BrNO2S/c1-3-13-8-10-14(11-9-13)12(2)18-21(19,20)16-7-5-4-6-15(16)17/h4-12,18H,3H2,1-2H3. The molecule has 3 nitrogen and oxygen atoms in total. The van der Waals surface area contributed by atoms with Crippen LogP contribution < -0.4 is 4.72 Å². The summed E-state index contributed by atoms with van der Waals surface area (Å²) in [6, 6.07) is 14.5. The van der Waals surface area contributed by atoms with Gasteiger partial charge < -0.3 is 0 Å². The molecule has 0 radical (unpaired) electrons. The minimum Gasteiger partial charge on any atom is -0.207 e. The summed E-state index contributed by atoms with van der Waals surface area (Å²) in [6.45, 7) is 3.93. The van der Waals surface area contributed by atoms with E-state index in [1.165, 1.54) is 5.56 Å². The van der Waals surface area contributed by atoms with Gasteiger partial charge in [0.1, 0.15) is 0 Å². The van der Waals surface area contributed by atoms with E-state index in [0.717, 1.165) is 12.0 Å². The number of hydrogen-bond donors (Lipinski definition) is 1. The van der Waals surface area contributed by atoms with Crippen LogP contribution >= 0.6 is 15.9 Å². The zero-order valence-corrected chi connectivity index (χ0v) is 14.4. The third kappa shape index (κ3) is 3.93. The fourth-order valence-corrected chi connectivity index (χ4v) is 4.30. The van der Waals surface area contributed by atoms with Gasteiger partial charge in [-0.1, -0.05) is 43.3 Å². The Hall–Kier alpha value is -1.17. The molecule has 0 fully saturated rings. The summed E-state index contributed by atoms with van der Waals surface area (Å²) in [5.41, 5.74) is 2.18. The molecule has 0 heterocycles. The summed E-state index contributed by atoms with van der Waals surface area (Å²) in [7, 11) is -3.55. The van der Waals surface area contributed by atoms with E-state index in [-0.39, 0.29) is 10.9 Å². The van der Waals surface area contributed by atoms with Crippen molar-refractivity contribution >= 4 is 26.0 Å². The van der Waals surface area contributed by atoms with Gasteiger partial charge in [-0.2, -0.15) is 0 Å². The first-order valence-corrected chi connectivity index (χ1v) is 9.07. The molecule has 0 saturated carbocycles. The van der Waals surface area contributed by atoms with E-state index in [9.17, 15) is 8.42 Å². The number of hydrogen-bond acceptors (Lipinski definition) is 2. The van der Waals surface area contributed by atoms with E-state index in [1.54, 1.807) is 24.3 Å². The lowest BCUT2D eigenvalue weighted by Gasteiger charge is -2.15. The van der Waals surface area contributed by atoms with Crippen LogP contribution in [0.3, 0.4) is 0 Å². The Kier molecular flexibility index (Phi) is 5.19. The van der Waals surface area contributed by atoms with Crippen molar-refractivity contribution in [1.29, 1.82) is 0 Å². The average Bonchev–Trinajstić information content (AvgIpc) is 2.47. The molecule has 0 saturated heterocycles. The minimum absolute atomic E-state index is 0.252. The first-order valence-electron chi connectivity index (χ1n) is 6.79. The highest BCUT2D eigenvalue weighted by molar-refractivity contribution is 9.10. The Morgan fingerprint density at radius 3 is 2.29 bits per heavy atom. The molecule has 0 aliphatic carbocycles. The van der Waals surface area contributed by atoms with Crippen molar-refractivity contribution in [3.05, 3.63) is 64.1 Å². The monoisotopic (exact) mass is 367 g/mol. The van der Waals surface area contributed by atoms with Gasteiger partial charge in [0.05, 0.1) is 4.90 Å². The highest BCUT2D eigenvalue weighted by Gasteiger charge is 2.20. The Morgan fingerprint density at radius 1 is 1.10 bits per heavy atom. The van der Waals surface area contributed by atoms with Crippen molar-refractivity contribution in [1.82, 2.24) is 4.72 Å². The molecule has 1 N–H and O–H groups in total. The molecule has 1 unspecified atom stereocenters. The Balaban J connectivity index is 2.21. The number of nitrogens with one attached hydrogen (secondary N) is 1. The van der Waals surface area contributed by atoms with Gasteiger partial charge >= 0.3 is 0 Å². The lowest BCUT2D eigenvalue weighted by Crippen LogP contribution is -2.27. The van der Waals surface area contributed by atoms with Crippen LogP contribution in [0, 0.1) is 0 Å². The van der Waals surface area contributed by atoms with Gasteiger partial charge in [-0.25, -0.2) is 13.1 Å². The molecule has 2 rings (SSSR count). The molecule has 0 aliphatic heterocycles. The smallest absolute Gasteiger partial charge is 0.207 e. The molecule has 21 heavy (non-hydrogen) atoms. The second-order valence-corrected chi connectivity index (χ2v) is 7.41. The van der Waals surface area contributed by atoms with Crippen molar-refractivity contribution in [2.75, 3.05) is 0 Å². The van der Waals surface area contributed by atoms with E-state index < -0.39 is 10.0 Å². The molecule has 2 aromatic carbocycles. The topological polar surface area (TPSA) is 46.2 Å². The fraction of sp³-hybridized carbons (Fsp3) is 0.250. The normalized spacial score (nSPS) is 13.1. The lowest BCUT2D eigenvalue weighted by atomic mass is 10.1. The Morgan fingerprint density at radius 2 is 1.71 bits per heavy atom. The van der Waals surface area contributed by atoms with Gasteiger partial charge in [-0.15, -0.1) is 0 Å². The number of halogens is 1. The minimum atomic E-state index is -3.55. The largest absolute Gasteiger partial charge is 0.242 e. The summed E-state index contributed by atoms with van der Waals surface area (Å²) in [5.74, 6) is 0. The summed E-state index contributed by atoms with van der Waals surface area (Å²) in [6.07, 6.45) is 0.970. The second-order valence-electron chi connectivity index (χ2n) is 4.87. The maximum Gasteiger partial charge on any atom is 0.242 e. The maximum absolute atomic E-state index is 12.4. The van der Waals surface area contributed by atoms with Crippen molar-refractivity contribution < 1.29 is 8.42 Å². The quantitative estimate of drug-likeness (QED) is 0.866. The third-order valence-electron chi connectivity index (χ3n) is 3.35. The summed E-state index contributed by atoms with van der Waals surface area (Å²) in [4.78, 5) is 0.252. The highest BCUT2D eigenvalue weighted by atomic mass is 79.9. The zero-order chi connectivity index (χ0) is 15.5. The van der Waals surface area contributed by atoms with Gasteiger partial charge in [0.2, 0.25) is 10.0 Å². The van der Waals surface area contributed by atoms with Crippen LogP contribution in [0.1, 0.15) is 31.0 Å². The van der Waals surface area contributed by atoms with Gasteiger partial charge in [0, 0.05) is 10.5 Å². The number of aryl methyl sites for hydroxylation is 1. The highest BCUT2D eigenvalue weighted by Crippen LogP contribution is 2.23. The second kappa shape index (κ2) is 6.73. The van der Waals surface area contributed by atoms with Crippen LogP contribution in [0.15, 0.2) is 57.9 Å². The van der Waals surface area contributed by atoms with Gasteiger partial charge in [-0.3, -0.25) is 0 Å². The van der Waals surface area contributed by atoms with Crippen molar-refractivity contribution in [3.8, 4) is 0 Å². The first kappa shape index (κ1) is 16.2. The molecule has 1 atom stereocenters. The maximum atomic E-state index is 12.4. The molecule has 0 amide bonds. The lowest BCUT2D eigenvalue weighted by molar-refractivity contribution is 0.566. The van der Waals surface area contributed by atoms with Gasteiger partial charge in [0.25, 0.3) is 0 Å². The van der Waals surface area contributed by atoms with Crippen molar-refractivity contribution in [2.45, 2.75) is 31.2 Å². The van der Waals surface area contributed by atoms with Crippen LogP contribution in [0.25, 0.3) is 0 Å². The summed E-state index contributed by atoms with van der Waals surface area (Å²) >= 11 is 3.28. The first-order chi connectivity index (χ1) is 9.94. The summed E-state index contributed by atoms with van der Waals surface area (Å²) < 4.78 is 28.1. The molecular formula is C16H18BrNO2S.